The van der Waals surface area contributed by atoms with Crippen molar-refractivity contribution in [2.45, 2.75) is 6.92 Å². The zero-order valence-corrected chi connectivity index (χ0v) is 15.9. The summed E-state index contributed by atoms with van der Waals surface area (Å²) in [7, 11) is 0. The molecule has 0 unspecified atom stereocenters. The third-order valence-electron chi connectivity index (χ3n) is 4.02. The molecule has 0 saturated carbocycles. The van der Waals surface area contributed by atoms with Gasteiger partial charge in [0.1, 0.15) is 15.6 Å². The maximum absolute atomic E-state index is 12.9. The van der Waals surface area contributed by atoms with Crippen LogP contribution in [0.4, 0.5) is 5.69 Å². The molecule has 0 fully saturated rings. The van der Waals surface area contributed by atoms with E-state index in [4.69, 9.17) is 4.74 Å². The van der Waals surface area contributed by atoms with Crippen LogP contribution in [-0.4, -0.2) is 15.9 Å². The van der Waals surface area contributed by atoms with E-state index in [9.17, 15) is 4.79 Å². The molecular weight excluding hydrogens is 370 g/mol. The summed E-state index contributed by atoms with van der Waals surface area (Å²) >= 11 is 1.35. The normalized spacial score (nSPS) is 10.5. The molecule has 0 bridgehead atoms. The number of amides is 1. The minimum absolute atomic E-state index is 0.214. The zero-order valence-electron chi connectivity index (χ0n) is 15.1. The molecule has 0 aliphatic carbocycles. The minimum atomic E-state index is -0.214. The van der Waals surface area contributed by atoms with Crippen molar-refractivity contribution in [1.82, 2.24) is 9.97 Å². The summed E-state index contributed by atoms with van der Waals surface area (Å²) in [6, 6.07) is 20.6. The molecule has 5 nitrogen and oxygen atoms in total. The molecule has 2 heterocycles. The Kier molecular flexibility index (Phi) is 5.12. The predicted octanol–water partition coefficient (Wildman–Crippen LogP) is 5.56. The Hall–Kier alpha value is -3.51. The number of hydrogen-bond acceptors (Lipinski definition) is 5. The van der Waals surface area contributed by atoms with Gasteiger partial charge in [0.2, 0.25) is 0 Å². The molecule has 4 rings (SSSR count). The van der Waals surface area contributed by atoms with E-state index in [1.54, 1.807) is 12.4 Å². The van der Waals surface area contributed by atoms with Crippen molar-refractivity contribution in [3.63, 3.8) is 0 Å². The van der Waals surface area contributed by atoms with Crippen LogP contribution in [0.15, 0.2) is 79.1 Å². The van der Waals surface area contributed by atoms with E-state index >= 15 is 0 Å². The Balaban J connectivity index is 1.57. The van der Waals surface area contributed by atoms with Gasteiger partial charge in [-0.1, -0.05) is 30.3 Å². The van der Waals surface area contributed by atoms with Gasteiger partial charge in [0, 0.05) is 18.0 Å². The van der Waals surface area contributed by atoms with Gasteiger partial charge in [-0.2, -0.15) is 0 Å². The first-order valence-corrected chi connectivity index (χ1v) is 9.53. The average Bonchev–Trinajstić information content (AvgIpc) is 3.13. The number of rotatable bonds is 5. The van der Waals surface area contributed by atoms with Crippen LogP contribution in [0.25, 0.3) is 10.6 Å². The van der Waals surface area contributed by atoms with E-state index in [0.717, 1.165) is 10.6 Å². The fourth-order valence-corrected chi connectivity index (χ4v) is 3.62. The third-order valence-corrected chi connectivity index (χ3v) is 5.22. The van der Waals surface area contributed by atoms with Crippen LogP contribution in [0, 0.1) is 6.92 Å². The van der Waals surface area contributed by atoms with E-state index < -0.39 is 0 Å². The van der Waals surface area contributed by atoms with Crippen molar-refractivity contribution < 1.29 is 9.53 Å². The van der Waals surface area contributed by atoms with Crippen LogP contribution in [0.2, 0.25) is 0 Å². The molecule has 0 aliphatic rings. The Bertz CT molecular complexity index is 1100. The molecule has 2 aromatic carbocycles. The van der Waals surface area contributed by atoms with E-state index in [1.165, 1.54) is 11.3 Å². The van der Waals surface area contributed by atoms with Crippen LogP contribution >= 0.6 is 11.3 Å². The molecule has 2 aromatic heterocycles. The second kappa shape index (κ2) is 8.02. The Labute approximate surface area is 166 Å². The lowest BCUT2D eigenvalue weighted by atomic mass is 10.2. The van der Waals surface area contributed by atoms with Crippen molar-refractivity contribution in [2.75, 3.05) is 5.32 Å². The molecule has 1 amide bonds. The van der Waals surface area contributed by atoms with E-state index in [2.05, 4.69) is 15.3 Å². The predicted molar refractivity (Wildman–Crippen MR) is 111 cm³/mol. The number of benzene rings is 2. The molecular formula is C22H17N3O2S. The van der Waals surface area contributed by atoms with E-state index in [-0.39, 0.29) is 5.91 Å². The first-order chi connectivity index (χ1) is 13.7. The van der Waals surface area contributed by atoms with Gasteiger partial charge in [-0.05, 0) is 43.3 Å². The molecule has 4 aromatic rings. The lowest BCUT2D eigenvalue weighted by Crippen LogP contribution is -2.12. The van der Waals surface area contributed by atoms with E-state index in [1.807, 2.05) is 73.7 Å². The summed E-state index contributed by atoms with van der Waals surface area (Å²) in [5.74, 6) is 1.07. The first kappa shape index (κ1) is 17.9. The number of nitrogens with zero attached hydrogens (tertiary/aromatic N) is 2. The van der Waals surface area contributed by atoms with Gasteiger partial charge in [0.15, 0.2) is 5.75 Å². The van der Waals surface area contributed by atoms with E-state index in [0.29, 0.717) is 27.8 Å². The number of thiazole rings is 1. The summed E-state index contributed by atoms with van der Waals surface area (Å²) in [6.07, 6.45) is 3.45. The molecule has 0 spiro atoms. The highest BCUT2D eigenvalue weighted by molar-refractivity contribution is 7.17. The number of hydrogen-bond donors (Lipinski definition) is 1. The van der Waals surface area contributed by atoms with Gasteiger partial charge < -0.3 is 10.1 Å². The van der Waals surface area contributed by atoms with Crippen molar-refractivity contribution >= 4 is 22.9 Å². The largest absolute Gasteiger partial charge is 0.455 e. The standard InChI is InChI=1S/C22H17N3O2S/c1-15-20(28-22(24-15)16-8-7-13-23-14-16)21(26)25-18-11-5-6-12-19(18)27-17-9-3-2-4-10-17/h2-14H,1H3,(H,25,26). The topological polar surface area (TPSA) is 64.1 Å². The summed E-state index contributed by atoms with van der Waals surface area (Å²) in [4.78, 5) is 22.1. The number of para-hydroxylation sites is 3. The summed E-state index contributed by atoms with van der Waals surface area (Å²) in [5.41, 5.74) is 2.18. The minimum Gasteiger partial charge on any atom is -0.455 e. The fourth-order valence-electron chi connectivity index (χ4n) is 2.67. The van der Waals surface area contributed by atoms with Gasteiger partial charge in [0.05, 0.1) is 11.4 Å². The summed E-state index contributed by atoms with van der Waals surface area (Å²) in [5, 5.41) is 3.71. The molecule has 0 radical (unpaired) electrons. The number of anilines is 1. The highest BCUT2D eigenvalue weighted by Gasteiger charge is 2.18. The van der Waals surface area contributed by atoms with Crippen LogP contribution in [0.3, 0.4) is 0 Å². The number of aromatic nitrogens is 2. The van der Waals surface area contributed by atoms with Crippen LogP contribution in [0.5, 0.6) is 11.5 Å². The lowest BCUT2D eigenvalue weighted by Gasteiger charge is -2.11. The zero-order chi connectivity index (χ0) is 19.3. The van der Waals surface area contributed by atoms with Gasteiger partial charge >= 0.3 is 0 Å². The first-order valence-electron chi connectivity index (χ1n) is 8.72. The number of nitrogens with one attached hydrogen (secondary N) is 1. The van der Waals surface area contributed by atoms with Crippen LogP contribution in [0.1, 0.15) is 15.4 Å². The molecule has 0 saturated heterocycles. The summed E-state index contributed by atoms with van der Waals surface area (Å²) in [6.45, 7) is 1.83. The SMILES string of the molecule is Cc1nc(-c2cccnc2)sc1C(=O)Nc1ccccc1Oc1ccccc1. The van der Waals surface area contributed by atoms with Crippen LogP contribution < -0.4 is 10.1 Å². The maximum Gasteiger partial charge on any atom is 0.267 e. The molecule has 1 N–H and O–H groups in total. The maximum atomic E-state index is 12.9. The fraction of sp³-hybridized carbons (Fsp3) is 0.0455. The van der Waals surface area contributed by atoms with Crippen molar-refractivity contribution in [2.24, 2.45) is 0 Å². The molecule has 28 heavy (non-hydrogen) atoms. The van der Waals surface area contributed by atoms with Crippen LogP contribution in [-0.2, 0) is 0 Å². The smallest absolute Gasteiger partial charge is 0.267 e. The highest BCUT2D eigenvalue weighted by atomic mass is 32.1. The van der Waals surface area contributed by atoms with Gasteiger partial charge in [0.25, 0.3) is 5.91 Å². The molecule has 138 valence electrons. The number of carbonyl (C=O) groups is 1. The monoisotopic (exact) mass is 387 g/mol. The Morgan fingerprint density at radius 2 is 1.79 bits per heavy atom. The number of carbonyl (C=O) groups excluding carboxylic acids is 1. The summed E-state index contributed by atoms with van der Waals surface area (Å²) < 4.78 is 5.92. The number of ether oxygens (including phenoxy) is 1. The van der Waals surface area contributed by atoms with Gasteiger partial charge in [-0.3, -0.25) is 9.78 Å². The van der Waals surface area contributed by atoms with Crippen molar-refractivity contribution in [1.29, 1.82) is 0 Å². The molecule has 0 atom stereocenters. The average molecular weight is 387 g/mol. The Morgan fingerprint density at radius 3 is 2.57 bits per heavy atom. The number of pyridine rings is 1. The molecule has 0 aliphatic heterocycles. The molecule has 6 heteroatoms. The highest BCUT2D eigenvalue weighted by Crippen LogP contribution is 2.31. The second-order valence-electron chi connectivity index (χ2n) is 6.04. The van der Waals surface area contributed by atoms with Crippen molar-refractivity contribution in [3.05, 3.63) is 89.7 Å². The van der Waals surface area contributed by atoms with Gasteiger partial charge in [-0.25, -0.2) is 4.98 Å². The Morgan fingerprint density at radius 1 is 1.00 bits per heavy atom. The lowest BCUT2D eigenvalue weighted by molar-refractivity contribution is 0.102. The van der Waals surface area contributed by atoms with Crippen molar-refractivity contribution in [3.8, 4) is 22.1 Å². The second-order valence-corrected chi connectivity index (χ2v) is 7.04. The quantitative estimate of drug-likeness (QED) is 0.487. The van der Waals surface area contributed by atoms with Gasteiger partial charge in [-0.15, -0.1) is 11.3 Å². The number of aryl methyl sites for hydroxylation is 1. The third kappa shape index (κ3) is 3.92.